The van der Waals surface area contributed by atoms with Crippen LogP contribution in [0.15, 0.2) is 0 Å². The highest BCUT2D eigenvalue weighted by Crippen LogP contribution is 2.18. The predicted molar refractivity (Wildman–Crippen MR) is 68.2 cm³/mol. The number of carbonyl (C=O) groups is 2. The van der Waals surface area contributed by atoms with Gasteiger partial charge in [-0.05, 0) is 0 Å². The van der Waals surface area contributed by atoms with Crippen molar-refractivity contribution in [3.8, 4) is 0 Å². The van der Waals surface area contributed by atoms with Crippen LogP contribution in [0.3, 0.4) is 0 Å². The zero-order valence-corrected chi connectivity index (χ0v) is 12.0. The van der Waals surface area contributed by atoms with Gasteiger partial charge < -0.3 is 19.7 Å². The monoisotopic (exact) mass is 276 g/mol. The first kappa shape index (κ1) is 17.9. The van der Waals surface area contributed by atoms with E-state index < -0.39 is 30.6 Å². The van der Waals surface area contributed by atoms with Crippen LogP contribution in [0.2, 0.25) is 0 Å². The van der Waals surface area contributed by atoms with Crippen molar-refractivity contribution in [3.05, 3.63) is 0 Å². The van der Waals surface area contributed by atoms with Gasteiger partial charge in [0.1, 0.15) is 13.2 Å². The first-order chi connectivity index (χ1) is 8.78. The third-order valence-electron chi connectivity index (χ3n) is 2.65. The van der Waals surface area contributed by atoms with Crippen molar-refractivity contribution < 1.29 is 29.3 Å². The van der Waals surface area contributed by atoms with Crippen LogP contribution < -0.4 is 0 Å². The number of ether oxygens (including phenoxy) is 2. The Balaban J connectivity index is 4.49. The van der Waals surface area contributed by atoms with Crippen molar-refractivity contribution in [1.29, 1.82) is 0 Å². The van der Waals surface area contributed by atoms with E-state index >= 15 is 0 Å². The number of esters is 2. The molecule has 6 heteroatoms. The predicted octanol–water partition coefficient (Wildman–Crippen LogP) is 0.356. The summed E-state index contributed by atoms with van der Waals surface area (Å²) in [5.41, 5.74) is -1.16. The van der Waals surface area contributed by atoms with Crippen molar-refractivity contribution in [2.75, 3.05) is 26.4 Å². The molecule has 19 heavy (non-hydrogen) atoms. The molecular formula is C13H24O6. The normalized spacial score (nSPS) is 11.8. The Bertz CT molecular complexity index is 268. The summed E-state index contributed by atoms with van der Waals surface area (Å²) in [6.45, 7) is 5.45. The molecule has 0 fully saturated rings. The largest absolute Gasteiger partial charge is 0.465 e. The standard InChI is InChI=1S/C13H24O6/c1-9(2)11(16)18-7-13(5-14,6-15)8-19-12(17)10(3)4/h9-10,14-15H,5-8H2,1-4H3. The Morgan fingerprint density at radius 3 is 1.42 bits per heavy atom. The maximum Gasteiger partial charge on any atom is 0.308 e. The highest BCUT2D eigenvalue weighted by atomic mass is 16.6. The van der Waals surface area contributed by atoms with Crippen LogP contribution >= 0.6 is 0 Å². The van der Waals surface area contributed by atoms with E-state index in [1.807, 2.05) is 0 Å². The van der Waals surface area contributed by atoms with Crippen molar-refractivity contribution >= 4 is 11.9 Å². The number of carbonyl (C=O) groups excluding carboxylic acids is 2. The second kappa shape index (κ2) is 8.12. The molecule has 0 aromatic rings. The Kier molecular flexibility index (Phi) is 7.63. The van der Waals surface area contributed by atoms with Crippen LogP contribution in [0.1, 0.15) is 27.7 Å². The highest BCUT2D eigenvalue weighted by molar-refractivity contribution is 5.72. The molecule has 0 saturated heterocycles. The third-order valence-corrected chi connectivity index (χ3v) is 2.65. The van der Waals surface area contributed by atoms with Gasteiger partial charge in [0.05, 0.1) is 30.5 Å². The highest BCUT2D eigenvalue weighted by Gasteiger charge is 2.33. The maximum atomic E-state index is 11.4. The first-order valence-electron chi connectivity index (χ1n) is 6.33. The number of aliphatic hydroxyl groups excluding tert-OH is 2. The van der Waals surface area contributed by atoms with E-state index in [1.54, 1.807) is 27.7 Å². The topological polar surface area (TPSA) is 93.1 Å². The molecule has 0 heterocycles. The number of rotatable bonds is 8. The molecule has 0 rings (SSSR count). The molecule has 0 aromatic carbocycles. The van der Waals surface area contributed by atoms with Crippen LogP contribution in [0.25, 0.3) is 0 Å². The van der Waals surface area contributed by atoms with Gasteiger partial charge in [-0.15, -0.1) is 0 Å². The minimum absolute atomic E-state index is 0.192. The zero-order valence-electron chi connectivity index (χ0n) is 12.0. The quantitative estimate of drug-likeness (QED) is 0.622. The molecule has 0 aliphatic heterocycles. The molecule has 0 aliphatic carbocycles. The van der Waals surface area contributed by atoms with Crippen molar-refractivity contribution in [3.63, 3.8) is 0 Å². The summed E-state index contributed by atoms with van der Waals surface area (Å²) in [5.74, 6) is -1.45. The van der Waals surface area contributed by atoms with Gasteiger partial charge in [0, 0.05) is 0 Å². The minimum atomic E-state index is -1.16. The molecule has 0 atom stereocenters. The van der Waals surface area contributed by atoms with Crippen LogP contribution in [0.5, 0.6) is 0 Å². The molecular weight excluding hydrogens is 252 g/mol. The van der Waals surface area contributed by atoms with E-state index in [9.17, 15) is 19.8 Å². The van der Waals surface area contributed by atoms with Crippen LogP contribution in [-0.4, -0.2) is 48.6 Å². The summed E-state index contributed by atoms with van der Waals surface area (Å²) < 4.78 is 9.99. The lowest BCUT2D eigenvalue weighted by atomic mass is 9.92. The maximum absolute atomic E-state index is 11.4. The fourth-order valence-electron chi connectivity index (χ4n) is 1.06. The van der Waals surface area contributed by atoms with Gasteiger partial charge in [-0.3, -0.25) is 9.59 Å². The Morgan fingerprint density at radius 1 is 0.895 bits per heavy atom. The molecule has 112 valence electrons. The Morgan fingerprint density at radius 2 is 1.21 bits per heavy atom. The number of hydrogen-bond donors (Lipinski definition) is 2. The van der Waals surface area contributed by atoms with E-state index in [4.69, 9.17) is 9.47 Å². The number of hydrogen-bond acceptors (Lipinski definition) is 6. The molecule has 0 saturated carbocycles. The van der Waals surface area contributed by atoms with Crippen LogP contribution in [0.4, 0.5) is 0 Å². The second-order valence-electron chi connectivity index (χ2n) is 5.34. The van der Waals surface area contributed by atoms with Crippen molar-refractivity contribution in [2.45, 2.75) is 27.7 Å². The first-order valence-corrected chi connectivity index (χ1v) is 6.33. The Labute approximate surface area is 113 Å². The lowest BCUT2D eigenvalue weighted by Crippen LogP contribution is -2.41. The SMILES string of the molecule is CC(C)C(=O)OCC(CO)(CO)COC(=O)C(C)C. The van der Waals surface area contributed by atoms with Gasteiger partial charge in [-0.25, -0.2) is 0 Å². The van der Waals surface area contributed by atoms with Crippen LogP contribution in [0, 0.1) is 17.3 Å². The summed E-state index contributed by atoms with van der Waals surface area (Å²) in [5, 5.41) is 18.7. The van der Waals surface area contributed by atoms with Gasteiger partial charge in [-0.2, -0.15) is 0 Å². The lowest BCUT2D eigenvalue weighted by Gasteiger charge is -2.29. The Hall–Kier alpha value is -1.14. The van der Waals surface area contributed by atoms with Crippen LogP contribution in [-0.2, 0) is 19.1 Å². The minimum Gasteiger partial charge on any atom is -0.465 e. The molecule has 0 bridgehead atoms. The molecule has 0 spiro atoms. The summed E-state index contributed by atoms with van der Waals surface area (Å²) in [7, 11) is 0. The second-order valence-corrected chi connectivity index (χ2v) is 5.34. The average Bonchev–Trinajstić information content (AvgIpc) is 2.38. The van der Waals surface area contributed by atoms with E-state index in [-0.39, 0.29) is 25.0 Å². The fraction of sp³-hybridized carbons (Fsp3) is 0.846. The molecule has 6 nitrogen and oxygen atoms in total. The van der Waals surface area contributed by atoms with E-state index in [0.29, 0.717) is 0 Å². The summed E-state index contributed by atoms with van der Waals surface area (Å²) >= 11 is 0. The molecule has 0 aliphatic rings. The van der Waals surface area contributed by atoms with Gasteiger partial charge in [0.15, 0.2) is 0 Å². The van der Waals surface area contributed by atoms with E-state index in [0.717, 1.165) is 0 Å². The summed E-state index contributed by atoms with van der Waals surface area (Å²) in [4.78, 5) is 22.7. The van der Waals surface area contributed by atoms with Gasteiger partial charge in [0.25, 0.3) is 0 Å². The summed E-state index contributed by atoms with van der Waals surface area (Å²) in [6, 6.07) is 0. The molecule has 0 unspecified atom stereocenters. The van der Waals surface area contributed by atoms with E-state index in [2.05, 4.69) is 0 Å². The van der Waals surface area contributed by atoms with Gasteiger partial charge in [0.2, 0.25) is 0 Å². The third kappa shape index (κ3) is 6.02. The molecule has 0 amide bonds. The van der Waals surface area contributed by atoms with Crippen molar-refractivity contribution in [2.24, 2.45) is 17.3 Å². The zero-order chi connectivity index (χ0) is 15.1. The molecule has 2 N–H and O–H groups in total. The molecule has 0 radical (unpaired) electrons. The smallest absolute Gasteiger partial charge is 0.308 e. The average molecular weight is 276 g/mol. The van der Waals surface area contributed by atoms with Gasteiger partial charge in [-0.1, -0.05) is 27.7 Å². The van der Waals surface area contributed by atoms with Gasteiger partial charge >= 0.3 is 11.9 Å². The number of aliphatic hydroxyl groups is 2. The summed E-state index contributed by atoms with van der Waals surface area (Å²) in [6.07, 6.45) is 0. The van der Waals surface area contributed by atoms with E-state index in [1.165, 1.54) is 0 Å². The fourth-order valence-corrected chi connectivity index (χ4v) is 1.06. The lowest BCUT2D eigenvalue weighted by molar-refractivity contribution is -0.162. The van der Waals surface area contributed by atoms with Crippen molar-refractivity contribution in [1.82, 2.24) is 0 Å². The molecule has 0 aromatic heterocycles.